The van der Waals surface area contributed by atoms with Crippen LogP contribution < -0.4 is 10.2 Å². The topological polar surface area (TPSA) is 84.1 Å². The zero-order valence-corrected chi connectivity index (χ0v) is 14.8. The average Bonchev–Trinajstić information content (AvgIpc) is 3.38. The van der Waals surface area contributed by atoms with Crippen molar-refractivity contribution >= 4 is 17.3 Å². The van der Waals surface area contributed by atoms with Gasteiger partial charge in [-0.15, -0.1) is 20.4 Å². The molecular formula is C17H17F3N8. The van der Waals surface area contributed by atoms with E-state index >= 15 is 0 Å². The molecule has 1 aliphatic heterocycles. The molecule has 3 aromatic rings. The Balaban J connectivity index is 1.18. The first kappa shape index (κ1) is 17.1. The standard InChI is InChI=1S/C17H17F3N8/c18-17(19,20)16-25-24-15-6-4-13(26-28(15)16)21-7-10-8-27(9-10)14-5-3-12(22-23-14)11-1-2-11/h3-6,10-11H,1-2,7-9H2,(H,21,26). The van der Waals surface area contributed by atoms with Gasteiger partial charge in [-0.25, -0.2) is 0 Å². The van der Waals surface area contributed by atoms with Crippen molar-refractivity contribution in [2.24, 2.45) is 5.92 Å². The van der Waals surface area contributed by atoms with Gasteiger partial charge in [0, 0.05) is 31.5 Å². The molecule has 5 rings (SSSR count). The summed E-state index contributed by atoms with van der Waals surface area (Å²) in [6, 6.07) is 7.11. The van der Waals surface area contributed by atoms with Gasteiger partial charge in [0.25, 0.3) is 5.82 Å². The molecule has 28 heavy (non-hydrogen) atoms. The first-order valence-electron chi connectivity index (χ1n) is 9.09. The van der Waals surface area contributed by atoms with Crippen LogP contribution in [0, 0.1) is 5.92 Å². The molecule has 3 aromatic heterocycles. The zero-order chi connectivity index (χ0) is 19.3. The van der Waals surface area contributed by atoms with E-state index in [1.807, 2.05) is 12.1 Å². The quantitative estimate of drug-likeness (QED) is 0.716. The highest BCUT2D eigenvalue weighted by Gasteiger charge is 2.37. The summed E-state index contributed by atoms with van der Waals surface area (Å²) >= 11 is 0. The number of hydrogen-bond donors (Lipinski definition) is 1. The first-order valence-corrected chi connectivity index (χ1v) is 9.09. The van der Waals surface area contributed by atoms with E-state index in [4.69, 9.17) is 0 Å². The highest BCUT2D eigenvalue weighted by molar-refractivity contribution is 5.45. The third kappa shape index (κ3) is 3.20. The van der Waals surface area contributed by atoms with Gasteiger partial charge in [-0.1, -0.05) is 0 Å². The Hall–Kier alpha value is -2.98. The van der Waals surface area contributed by atoms with Crippen LogP contribution in [-0.2, 0) is 6.18 Å². The highest BCUT2D eigenvalue weighted by atomic mass is 19.4. The second-order valence-electron chi connectivity index (χ2n) is 7.25. The van der Waals surface area contributed by atoms with Crippen molar-refractivity contribution in [1.82, 2.24) is 30.0 Å². The number of hydrogen-bond acceptors (Lipinski definition) is 7. The number of rotatable bonds is 5. The van der Waals surface area contributed by atoms with Crippen molar-refractivity contribution in [3.63, 3.8) is 0 Å². The van der Waals surface area contributed by atoms with Crippen molar-refractivity contribution in [2.45, 2.75) is 24.9 Å². The number of aromatic nitrogens is 6. The third-order valence-electron chi connectivity index (χ3n) is 5.04. The van der Waals surface area contributed by atoms with E-state index < -0.39 is 12.0 Å². The summed E-state index contributed by atoms with van der Waals surface area (Å²) in [4.78, 5) is 2.13. The van der Waals surface area contributed by atoms with E-state index in [1.165, 1.54) is 18.9 Å². The largest absolute Gasteiger partial charge is 0.453 e. The van der Waals surface area contributed by atoms with E-state index in [2.05, 4.69) is 35.7 Å². The van der Waals surface area contributed by atoms with Crippen molar-refractivity contribution in [3.8, 4) is 0 Å². The van der Waals surface area contributed by atoms with Gasteiger partial charge in [-0.05, 0) is 37.1 Å². The van der Waals surface area contributed by atoms with Crippen LogP contribution in [0.1, 0.15) is 30.3 Å². The summed E-state index contributed by atoms with van der Waals surface area (Å²) in [6.07, 6.45) is -2.20. The van der Waals surface area contributed by atoms with Crippen LogP contribution in [0.3, 0.4) is 0 Å². The number of alkyl halides is 3. The van der Waals surface area contributed by atoms with Gasteiger partial charge in [0.05, 0.1) is 5.69 Å². The SMILES string of the molecule is FC(F)(F)c1nnc2ccc(NCC3CN(c4ccc(C5CC5)nn4)C3)nn12. The molecule has 11 heteroatoms. The van der Waals surface area contributed by atoms with Crippen LogP contribution in [-0.4, -0.2) is 49.6 Å². The third-order valence-corrected chi connectivity index (χ3v) is 5.04. The van der Waals surface area contributed by atoms with Gasteiger partial charge in [0.2, 0.25) is 0 Å². The lowest BCUT2D eigenvalue weighted by Crippen LogP contribution is -2.50. The summed E-state index contributed by atoms with van der Waals surface area (Å²) in [7, 11) is 0. The van der Waals surface area contributed by atoms with E-state index in [9.17, 15) is 13.2 Å². The van der Waals surface area contributed by atoms with Gasteiger partial charge >= 0.3 is 6.18 Å². The number of nitrogens with one attached hydrogen (secondary N) is 1. The van der Waals surface area contributed by atoms with Gasteiger partial charge in [-0.2, -0.15) is 22.8 Å². The van der Waals surface area contributed by atoms with Crippen molar-refractivity contribution in [2.75, 3.05) is 29.9 Å². The van der Waals surface area contributed by atoms with Crippen LogP contribution in [0.5, 0.6) is 0 Å². The Bertz CT molecular complexity index is 990. The molecule has 0 atom stereocenters. The van der Waals surface area contributed by atoms with Crippen LogP contribution in [0.15, 0.2) is 24.3 Å². The Morgan fingerprint density at radius 1 is 1.00 bits per heavy atom. The minimum absolute atomic E-state index is 0.0564. The molecule has 0 aromatic carbocycles. The van der Waals surface area contributed by atoms with E-state index in [1.54, 1.807) is 6.07 Å². The fraction of sp³-hybridized carbons (Fsp3) is 0.471. The molecule has 1 N–H and O–H groups in total. The molecule has 1 aliphatic carbocycles. The van der Waals surface area contributed by atoms with Gasteiger partial charge in [0.1, 0.15) is 5.82 Å². The maximum Gasteiger partial charge on any atom is 0.453 e. The lowest BCUT2D eigenvalue weighted by molar-refractivity contribution is -0.146. The minimum atomic E-state index is -4.60. The molecule has 0 spiro atoms. The molecule has 4 heterocycles. The van der Waals surface area contributed by atoms with Gasteiger partial charge in [0.15, 0.2) is 11.5 Å². The van der Waals surface area contributed by atoms with Crippen LogP contribution in [0.4, 0.5) is 24.8 Å². The number of anilines is 2. The second kappa shape index (κ2) is 6.28. The van der Waals surface area contributed by atoms with Crippen LogP contribution in [0.25, 0.3) is 5.65 Å². The summed E-state index contributed by atoms with van der Waals surface area (Å²) in [5, 5.41) is 22.3. The molecule has 0 radical (unpaired) electrons. The Morgan fingerprint density at radius 2 is 1.82 bits per heavy atom. The summed E-state index contributed by atoms with van der Waals surface area (Å²) < 4.78 is 39.5. The van der Waals surface area contributed by atoms with E-state index in [0.29, 0.717) is 28.7 Å². The molecule has 146 valence electrons. The van der Waals surface area contributed by atoms with Crippen LogP contribution >= 0.6 is 0 Å². The van der Waals surface area contributed by atoms with Crippen molar-refractivity contribution in [3.05, 3.63) is 35.8 Å². The summed E-state index contributed by atoms with van der Waals surface area (Å²) in [6.45, 7) is 2.23. The summed E-state index contributed by atoms with van der Waals surface area (Å²) in [5.74, 6) is 1.02. The van der Waals surface area contributed by atoms with Crippen molar-refractivity contribution in [1.29, 1.82) is 0 Å². The molecule has 1 saturated carbocycles. The van der Waals surface area contributed by atoms with Crippen LogP contribution in [0.2, 0.25) is 0 Å². The lowest BCUT2D eigenvalue weighted by Gasteiger charge is -2.40. The number of nitrogens with zero attached hydrogens (tertiary/aromatic N) is 7. The second-order valence-corrected chi connectivity index (χ2v) is 7.25. The normalized spacial score (nSPS) is 17.8. The molecule has 8 nitrogen and oxygen atoms in total. The van der Waals surface area contributed by atoms with E-state index in [0.717, 1.165) is 24.6 Å². The van der Waals surface area contributed by atoms with Crippen molar-refractivity contribution < 1.29 is 13.2 Å². The van der Waals surface area contributed by atoms with Gasteiger partial charge < -0.3 is 10.2 Å². The zero-order valence-electron chi connectivity index (χ0n) is 14.8. The molecular weight excluding hydrogens is 373 g/mol. The lowest BCUT2D eigenvalue weighted by atomic mass is 10.0. The molecule has 2 aliphatic rings. The average molecular weight is 390 g/mol. The molecule has 0 amide bonds. The Morgan fingerprint density at radius 3 is 2.50 bits per heavy atom. The fourth-order valence-corrected chi connectivity index (χ4v) is 3.30. The fourth-order valence-electron chi connectivity index (χ4n) is 3.30. The number of halogens is 3. The maximum absolute atomic E-state index is 12.9. The predicted molar refractivity (Wildman–Crippen MR) is 94.0 cm³/mol. The smallest absolute Gasteiger partial charge is 0.368 e. The predicted octanol–water partition coefficient (Wildman–Crippen LogP) is 2.36. The molecule has 2 fully saturated rings. The minimum Gasteiger partial charge on any atom is -0.368 e. The first-order chi connectivity index (χ1) is 13.5. The van der Waals surface area contributed by atoms with Gasteiger partial charge in [-0.3, -0.25) is 0 Å². The maximum atomic E-state index is 12.9. The Labute approximate surface area is 157 Å². The number of fused-ring (bicyclic) bond motifs is 1. The van der Waals surface area contributed by atoms with E-state index in [-0.39, 0.29) is 5.65 Å². The Kier molecular flexibility index (Phi) is 3.84. The molecule has 0 bridgehead atoms. The monoisotopic (exact) mass is 390 g/mol. The molecule has 1 saturated heterocycles. The molecule has 0 unspecified atom stereocenters. The highest BCUT2D eigenvalue weighted by Crippen LogP contribution is 2.39. The summed E-state index contributed by atoms with van der Waals surface area (Å²) in [5.41, 5.74) is 1.12.